The van der Waals surface area contributed by atoms with Crippen molar-refractivity contribution in [3.05, 3.63) is 106 Å². The van der Waals surface area contributed by atoms with Crippen molar-refractivity contribution in [1.82, 2.24) is 9.55 Å². The highest BCUT2D eigenvalue weighted by atomic mass is 16.6. The SMILES string of the molecule is CC[C@@]1(Oc2ccc([N+](=O)[O-])cc2[N+](=O)[O-])C(=O)OCc2c1cc1n(c2=O)Cc2cc3c([N+](=O)[O-])cccc3nc2-1. The van der Waals surface area contributed by atoms with E-state index in [-0.39, 0.29) is 36.4 Å². The predicted molar refractivity (Wildman–Crippen MR) is 139 cm³/mol. The summed E-state index contributed by atoms with van der Waals surface area (Å²) in [6.45, 7) is 1.25. The number of hydrogen-bond donors (Lipinski definition) is 0. The van der Waals surface area contributed by atoms with Gasteiger partial charge in [-0.25, -0.2) is 9.78 Å². The van der Waals surface area contributed by atoms with Crippen molar-refractivity contribution in [1.29, 1.82) is 0 Å². The molecule has 0 bridgehead atoms. The number of non-ortho nitro benzene ring substituents is 2. The largest absolute Gasteiger partial charge is 0.464 e. The van der Waals surface area contributed by atoms with Gasteiger partial charge in [0.25, 0.3) is 16.9 Å². The summed E-state index contributed by atoms with van der Waals surface area (Å²) in [4.78, 5) is 63.9. The number of rotatable bonds is 6. The monoisotopic (exact) mass is 559 g/mol. The smallest absolute Gasteiger partial charge is 0.355 e. The molecule has 15 heteroatoms. The Kier molecular flexibility index (Phi) is 5.55. The topological polar surface area (TPSA) is 200 Å². The van der Waals surface area contributed by atoms with Gasteiger partial charge in [-0.05, 0) is 30.7 Å². The molecular formula is C26H17N5O10. The van der Waals surface area contributed by atoms with E-state index in [1.165, 1.54) is 16.7 Å². The second-order valence-corrected chi connectivity index (χ2v) is 9.44. The summed E-state index contributed by atoms with van der Waals surface area (Å²) in [7, 11) is 0. The van der Waals surface area contributed by atoms with Gasteiger partial charge in [0.2, 0.25) is 5.60 Å². The Hall–Kier alpha value is -5.73. The van der Waals surface area contributed by atoms with E-state index < -0.39 is 49.0 Å². The van der Waals surface area contributed by atoms with E-state index in [2.05, 4.69) is 4.98 Å². The lowest BCUT2D eigenvalue weighted by atomic mass is 9.85. The first-order valence-corrected chi connectivity index (χ1v) is 12.2. The van der Waals surface area contributed by atoms with Crippen LogP contribution >= 0.6 is 0 Å². The number of cyclic esters (lactones) is 1. The van der Waals surface area contributed by atoms with Crippen LogP contribution in [0.15, 0.2) is 53.3 Å². The second-order valence-electron chi connectivity index (χ2n) is 9.44. The molecule has 0 fully saturated rings. The summed E-state index contributed by atoms with van der Waals surface area (Å²) in [5, 5.41) is 34.8. The van der Waals surface area contributed by atoms with E-state index in [0.29, 0.717) is 27.9 Å². The third-order valence-electron chi connectivity index (χ3n) is 7.33. The predicted octanol–water partition coefficient (Wildman–Crippen LogP) is 3.89. The van der Waals surface area contributed by atoms with Gasteiger partial charge in [-0.1, -0.05) is 13.0 Å². The van der Waals surface area contributed by atoms with Gasteiger partial charge >= 0.3 is 11.7 Å². The zero-order chi connectivity index (χ0) is 29.2. The number of aromatic nitrogens is 2. The van der Waals surface area contributed by atoms with Crippen molar-refractivity contribution in [2.24, 2.45) is 0 Å². The fraction of sp³-hybridized carbons (Fsp3) is 0.192. The Morgan fingerprint density at radius 1 is 1.00 bits per heavy atom. The lowest BCUT2D eigenvalue weighted by Crippen LogP contribution is -2.48. The van der Waals surface area contributed by atoms with Crippen molar-refractivity contribution in [2.75, 3.05) is 0 Å². The van der Waals surface area contributed by atoms with Crippen molar-refractivity contribution in [2.45, 2.75) is 32.1 Å². The maximum absolute atomic E-state index is 13.7. The molecule has 0 spiro atoms. The highest BCUT2D eigenvalue weighted by Crippen LogP contribution is 2.44. The first-order valence-electron chi connectivity index (χ1n) is 12.2. The Morgan fingerprint density at radius 3 is 2.44 bits per heavy atom. The maximum Gasteiger partial charge on any atom is 0.355 e. The van der Waals surface area contributed by atoms with Gasteiger partial charge in [-0.15, -0.1) is 0 Å². The van der Waals surface area contributed by atoms with Gasteiger partial charge in [0.15, 0.2) is 5.75 Å². The fourth-order valence-corrected chi connectivity index (χ4v) is 5.34. The number of nitro benzene ring substituents is 3. The Morgan fingerprint density at radius 2 is 1.76 bits per heavy atom. The normalized spacial score (nSPS) is 16.9. The van der Waals surface area contributed by atoms with Crippen LogP contribution in [-0.2, 0) is 28.3 Å². The van der Waals surface area contributed by atoms with Gasteiger partial charge in [0, 0.05) is 23.3 Å². The average Bonchev–Trinajstić information content (AvgIpc) is 3.30. The van der Waals surface area contributed by atoms with Crippen molar-refractivity contribution < 1.29 is 29.0 Å². The molecule has 0 aliphatic carbocycles. The first-order chi connectivity index (χ1) is 19.6. The Balaban J connectivity index is 1.55. The third-order valence-corrected chi connectivity index (χ3v) is 7.33. The van der Waals surface area contributed by atoms with Crippen LogP contribution in [0.3, 0.4) is 0 Å². The van der Waals surface area contributed by atoms with Gasteiger partial charge in [-0.2, -0.15) is 0 Å². The zero-order valence-corrected chi connectivity index (χ0v) is 21.1. The molecule has 4 heterocycles. The molecule has 4 aromatic rings. The van der Waals surface area contributed by atoms with E-state index in [1.54, 1.807) is 25.1 Å². The number of fused-ring (bicyclic) bond motifs is 5. The van der Waals surface area contributed by atoms with Crippen molar-refractivity contribution in [3.8, 4) is 17.1 Å². The van der Waals surface area contributed by atoms with Crippen molar-refractivity contribution >= 4 is 33.9 Å². The number of benzene rings is 2. The summed E-state index contributed by atoms with van der Waals surface area (Å²) in [6.07, 6.45) is -0.111. The van der Waals surface area contributed by atoms with E-state index in [4.69, 9.17) is 9.47 Å². The minimum Gasteiger partial charge on any atom is -0.464 e. The lowest BCUT2D eigenvalue weighted by Gasteiger charge is -2.36. The van der Waals surface area contributed by atoms with E-state index in [0.717, 1.165) is 18.2 Å². The van der Waals surface area contributed by atoms with Gasteiger partial charge in [0.1, 0.15) is 6.61 Å². The number of ether oxygens (including phenoxy) is 2. The van der Waals surface area contributed by atoms with Crippen LogP contribution in [0.4, 0.5) is 17.1 Å². The van der Waals surface area contributed by atoms with Gasteiger partial charge in [-0.3, -0.25) is 35.1 Å². The van der Waals surface area contributed by atoms with Crippen LogP contribution in [0.25, 0.3) is 22.3 Å². The molecule has 2 aliphatic heterocycles. The molecule has 2 aromatic heterocycles. The summed E-state index contributed by atoms with van der Waals surface area (Å²) in [6, 6.07) is 10.3. The third kappa shape index (κ3) is 3.70. The molecule has 0 saturated carbocycles. The maximum atomic E-state index is 13.7. The number of nitro groups is 3. The number of nitrogens with zero attached hydrogens (tertiary/aromatic N) is 5. The second kappa shape index (κ2) is 8.90. The molecular weight excluding hydrogens is 542 g/mol. The molecule has 15 nitrogen and oxygen atoms in total. The standard InChI is InChI=1S/C26H17N5O10/c1-2-26(41-22-7-6-14(29(34)35)9-20(22)31(38)39)17-10-21-23-13(11-28(21)24(32)16(17)12-40-25(26)33)8-15-18(27-23)4-3-5-19(15)30(36)37/h3-10H,2,11-12H2,1H3/t26-/m0/s1. The number of carbonyl (C=O) groups is 1. The zero-order valence-electron chi connectivity index (χ0n) is 21.1. The average molecular weight is 559 g/mol. The highest BCUT2D eigenvalue weighted by Gasteiger charge is 2.50. The fourth-order valence-electron chi connectivity index (χ4n) is 5.34. The van der Waals surface area contributed by atoms with E-state index in [1.807, 2.05) is 0 Å². The molecule has 6 rings (SSSR count). The Labute approximate surface area is 228 Å². The molecule has 0 saturated heterocycles. The molecule has 0 N–H and O–H groups in total. The van der Waals surface area contributed by atoms with Crippen molar-refractivity contribution in [3.63, 3.8) is 0 Å². The Bertz CT molecular complexity index is 1930. The number of esters is 1. The van der Waals surface area contributed by atoms with Gasteiger partial charge < -0.3 is 14.0 Å². The van der Waals surface area contributed by atoms with E-state index in [9.17, 15) is 39.9 Å². The summed E-state index contributed by atoms with van der Waals surface area (Å²) >= 11 is 0. The van der Waals surface area contributed by atoms with Crippen LogP contribution in [-0.4, -0.2) is 30.3 Å². The molecule has 0 radical (unpaired) electrons. The van der Waals surface area contributed by atoms with Crippen LogP contribution in [0.5, 0.6) is 5.75 Å². The molecule has 1 atom stereocenters. The van der Waals surface area contributed by atoms with Crippen LogP contribution in [0.2, 0.25) is 0 Å². The van der Waals surface area contributed by atoms with Gasteiger partial charge in [0.05, 0.1) is 55.2 Å². The minimum atomic E-state index is -2.00. The summed E-state index contributed by atoms with van der Waals surface area (Å²) in [5.41, 5.74) is -2.16. The lowest BCUT2D eigenvalue weighted by molar-refractivity contribution is -0.395. The quantitative estimate of drug-likeness (QED) is 0.166. The summed E-state index contributed by atoms with van der Waals surface area (Å²) < 4.78 is 12.7. The van der Waals surface area contributed by atoms with Crippen LogP contribution in [0.1, 0.15) is 30.0 Å². The van der Waals surface area contributed by atoms with Crippen LogP contribution in [0, 0.1) is 30.3 Å². The number of hydrogen-bond acceptors (Lipinski definition) is 11. The first kappa shape index (κ1) is 25.5. The van der Waals surface area contributed by atoms with Crippen LogP contribution < -0.4 is 10.3 Å². The molecule has 2 aromatic carbocycles. The molecule has 0 unspecified atom stereocenters. The molecule has 0 amide bonds. The van der Waals surface area contributed by atoms with E-state index >= 15 is 0 Å². The molecule has 206 valence electrons. The molecule has 41 heavy (non-hydrogen) atoms. The number of pyridine rings is 2. The minimum absolute atomic E-state index is 0.0630. The molecule has 2 aliphatic rings. The highest BCUT2D eigenvalue weighted by molar-refractivity contribution is 5.91. The summed E-state index contributed by atoms with van der Waals surface area (Å²) in [5.74, 6) is -1.32. The number of carbonyl (C=O) groups excluding carboxylic acids is 1.